The number of amides is 2. The molecule has 2 aromatic carbocycles. The quantitative estimate of drug-likeness (QED) is 0.917. The fourth-order valence-electron chi connectivity index (χ4n) is 3.28. The Kier molecular flexibility index (Phi) is 4.67. The van der Waals surface area contributed by atoms with Crippen LogP contribution in [0.3, 0.4) is 0 Å². The maximum absolute atomic E-state index is 12.4. The van der Waals surface area contributed by atoms with Gasteiger partial charge in [0.1, 0.15) is 0 Å². The second-order valence-electron chi connectivity index (χ2n) is 6.63. The maximum atomic E-state index is 12.4. The summed E-state index contributed by atoms with van der Waals surface area (Å²) < 4.78 is 16.5. The highest BCUT2D eigenvalue weighted by Gasteiger charge is 2.22. The Hall–Kier alpha value is -2.73. The summed E-state index contributed by atoms with van der Waals surface area (Å²) in [6.07, 6.45) is 0.849. The molecule has 2 aromatic rings. The molecular formula is C20H22N2O4. The zero-order valence-electron chi connectivity index (χ0n) is 14.7. The normalized spacial score (nSPS) is 17.5. The number of carbonyl (C=O) groups is 1. The van der Waals surface area contributed by atoms with Crippen molar-refractivity contribution in [3.63, 3.8) is 0 Å². The molecular weight excluding hydrogens is 332 g/mol. The van der Waals surface area contributed by atoms with E-state index in [0.717, 1.165) is 23.5 Å². The summed E-state index contributed by atoms with van der Waals surface area (Å²) in [5, 5.41) is 2.93. The topological polar surface area (TPSA) is 60.0 Å². The van der Waals surface area contributed by atoms with Crippen LogP contribution >= 0.6 is 0 Å². The number of fused-ring (bicyclic) bond motifs is 2. The standard InChI is InChI=1S/C20H22N2O4/c1-22(11-17-9-15-4-2-3-5-16(15)12-24-17)20(23)21-10-14-6-7-18-19(8-14)26-13-25-18/h2-8,17H,9-13H2,1H3,(H,21,23). The summed E-state index contributed by atoms with van der Waals surface area (Å²) in [4.78, 5) is 14.0. The van der Waals surface area contributed by atoms with Crippen LogP contribution in [-0.2, 0) is 24.3 Å². The molecule has 1 atom stereocenters. The van der Waals surface area contributed by atoms with Crippen molar-refractivity contribution in [2.75, 3.05) is 20.4 Å². The molecule has 0 spiro atoms. The Labute approximate surface area is 152 Å². The number of nitrogens with one attached hydrogen (secondary N) is 1. The van der Waals surface area contributed by atoms with Crippen LogP contribution in [0.25, 0.3) is 0 Å². The lowest BCUT2D eigenvalue weighted by Gasteiger charge is -2.29. The third-order valence-corrected chi connectivity index (χ3v) is 4.75. The highest BCUT2D eigenvalue weighted by atomic mass is 16.7. The number of hydrogen-bond donors (Lipinski definition) is 1. The number of hydrogen-bond acceptors (Lipinski definition) is 4. The summed E-state index contributed by atoms with van der Waals surface area (Å²) in [7, 11) is 1.79. The van der Waals surface area contributed by atoms with E-state index in [4.69, 9.17) is 14.2 Å². The van der Waals surface area contributed by atoms with E-state index in [-0.39, 0.29) is 18.9 Å². The van der Waals surface area contributed by atoms with Crippen LogP contribution in [0.2, 0.25) is 0 Å². The largest absolute Gasteiger partial charge is 0.454 e. The van der Waals surface area contributed by atoms with E-state index in [9.17, 15) is 4.79 Å². The summed E-state index contributed by atoms with van der Waals surface area (Å²) in [6, 6.07) is 13.9. The number of ether oxygens (including phenoxy) is 3. The highest BCUT2D eigenvalue weighted by molar-refractivity contribution is 5.73. The van der Waals surface area contributed by atoms with Crippen molar-refractivity contribution in [2.45, 2.75) is 25.7 Å². The average Bonchev–Trinajstić information content (AvgIpc) is 3.13. The van der Waals surface area contributed by atoms with Crippen LogP contribution < -0.4 is 14.8 Å². The molecule has 2 aliphatic heterocycles. The van der Waals surface area contributed by atoms with Crippen LogP contribution in [0.15, 0.2) is 42.5 Å². The Morgan fingerprint density at radius 2 is 1.96 bits per heavy atom. The van der Waals surface area contributed by atoms with Gasteiger partial charge in [0.2, 0.25) is 6.79 Å². The van der Waals surface area contributed by atoms with Crippen molar-refractivity contribution in [2.24, 2.45) is 0 Å². The van der Waals surface area contributed by atoms with Crippen molar-refractivity contribution >= 4 is 6.03 Å². The van der Waals surface area contributed by atoms with Crippen LogP contribution in [0, 0.1) is 0 Å². The zero-order valence-corrected chi connectivity index (χ0v) is 14.7. The van der Waals surface area contributed by atoms with Crippen molar-refractivity contribution < 1.29 is 19.0 Å². The van der Waals surface area contributed by atoms with Gasteiger partial charge in [-0.1, -0.05) is 30.3 Å². The number of likely N-dealkylation sites (N-methyl/N-ethyl adjacent to an activating group) is 1. The molecule has 1 unspecified atom stereocenters. The highest BCUT2D eigenvalue weighted by Crippen LogP contribution is 2.32. The Bertz CT molecular complexity index is 808. The van der Waals surface area contributed by atoms with Gasteiger partial charge in [0, 0.05) is 26.6 Å². The van der Waals surface area contributed by atoms with Crippen LogP contribution in [0.4, 0.5) is 4.79 Å². The van der Waals surface area contributed by atoms with E-state index in [1.165, 1.54) is 11.1 Å². The lowest BCUT2D eigenvalue weighted by atomic mass is 9.99. The minimum absolute atomic E-state index is 0.0196. The first kappa shape index (κ1) is 16.7. The fourth-order valence-corrected chi connectivity index (χ4v) is 3.28. The Morgan fingerprint density at radius 1 is 1.15 bits per heavy atom. The number of rotatable bonds is 4. The van der Waals surface area contributed by atoms with Gasteiger partial charge in [-0.3, -0.25) is 0 Å². The van der Waals surface area contributed by atoms with Gasteiger partial charge in [-0.25, -0.2) is 4.79 Å². The van der Waals surface area contributed by atoms with Gasteiger partial charge in [0.25, 0.3) is 0 Å². The number of benzene rings is 2. The molecule has 4 rings (SSSR count). The summed E-state index contributed by atoms with van der Waals surface area (Å²) in [6.45, 7) is 1.85. The SMILES string of the molecule is CN(CC1Cc2ccccc2CO1)C(=O)NCc1ccc2c(c1)OCO2. The molecule has 2 aliphatic rings. The Morgan fingerprint density at radius 3 is 2.85 bits per heavy atom. The van der Waals surface area contributed by atoms with Crippen LogP contribution in [0.1, 0.15) is 16.7 Å². The van der Waals surface area contributed by atoms with Crippen molar-refractivity contribution in [1.29, 1.82) is 0 Å². The molecule has 2 amide bonds. The van der Waals surface area contributed by atoms with Crippen molar-refractivity contribution in [3.8, 4) is 11.5 Å². The monoisotopic (exact) mass is 354 g/mol. The second-order valence-corrected chi connectivity index (χ2v) is 6.63. The molecule has 0 bridgehead atoms. The first-order valence-corrected chi connectivity index (χ1v) is 8.75. The van der Waals surface area contributed by atoms with E-state index >= 15 is 0 Å². The molecule has 0 saturated carbocycles. The molecule has 26 heavy (non-hydrogen) atoms. The van der Waals surface area contributed by atoms with Crippen molar-refractivity contribution in [3.05, 3.63) is 59.2 Å². The van der Waals surface area contributed by atoms with Gasteiger partial charge in [0.05, 0.1) is 12.7 Å². The van der Waals surface area contributed by atoms with E-state index in [1.54, 1.807) is 11.9 Å². The molecule has 2 heterocycles. The maximum Gasteiger partial charge on any atom is 0.317 e. The van der Waals surface area contributed by atoms with Gasteiger partial charge in [-0.2, -0.15) is 0 Å². The number of urea groups is 1. The predicted molar refractivity (Wildman–Crippen MR) is 96.2 cm³/mol. The van der Waals surface area contributed by atoms with Gasteiger partial charge in [0.15, 0.2) is 11.5 Å². The summed E-state index contributed by atoms with van der Waals surface area (Å²) in [5.41, 5.74) is 3.51. The lowest BCUT2D eigenvalue weighted by Crippen LogP contribution is -2.43. The number of nitrogens with zero attached hydrogens (tertiary/aromatic N) is 1. The average molecular weight is 354 g/mol. The molecule has 6 heteroatoms. The predicted octanol–water partition coefficient (Wildman–Crippen LogP) is 2.70. The number of carbonyl (C=O) groups excluding carboxylic acids is 1. The van der Waals surface area contributed by atoms with Gasteiger partial charge in [-0.05, 0) is 28.8 Å². The third-order valence-electron chi connectivity index (χ3n) is 4.75. The fraction of sp³-hybridized carbons (Fsp3) is 0.350. The van der Waals surface area contributed by atoms with Crippen LogP contribution in [0.5, 0.6) is 11.5 Å². The third kappa shape index (κ3) is 3.60. The van der Waals surface area contributed by atoms with E-state index in [2.05, 4.69) is 17.4 Å². The summed E-state index contributed by atoms with van der Waals surface area (Å²) >= 11 is 0. The first-order valence-electron chi connectivity index (χ1n) is 8.75. The second kappa shape index (κ2) is 7.25. The van der Waals surface area contributed by atoms with E-state index in [1.807, 2.05) is 30.3 Å². The first-order chi connectivity index (χ1) is 12.7. The van der Waals surface area contributed by atoms with Crippen molar-refractivity contribution in [1.82, 2.24) is 10.2 Å². The molecule has 0 radical (unpaired) electrons. The zero-order chi connectivity index (χ0) is 17.9. The van der Waals surface area contributed by atoms with Crippen LogP contribution in [-0.4, -0.2) is 37.4 Å². The minimum atomic E-state index is -0.120. The molecule has 6 nitrogen and oxygen atoms in total. The van der Waals surface area contributed by atoms with E-state index in [0.29, 0.717) is 19.7 Å². The molecule has 1 N–H and O–H groups in total. The minimum Gasteiger partial charge on any atom is -0.454 e. The van der Waals surface area contributed by atoms with Gasteiger partial charge >= 0.3 is 6.03 Å². The summed E-state index contributed by atoms with van der Waals surface area (Å²) in [5.74, 6) is 1.46. The molecule has 0 aliphatic carbocycles. The molecule has 0 fully saturated rings. The Balaban J connectivity index is 1.28. The molecule has 136 valence electrons. The van der Waals surface area contributed by atoms with Gasteiger partial charge in [-0.15, -0.1) is 0 Å². The lowest BCUT2D eigenvalue weighted by molar-refractivity contribution is 0.0150. The smallest absolute Gasteiger partial charge is 0.317 e. The van der Waals surface area contributed by atoms with E-state index < -0.39 is 0 Å². The molecule has 0 aromatic heterocycles. The molecule has 0 saturated heterocycles. The van der Waals surface area contributed by atoms with Gasteiger partial charge < -0.3 is 24.4 Å².